The fraction of sp³-hybridized carbons (Fsp3) is 0.429. The van der Waals surface area contributed by atoms with Gasteiger partial charge in [-0.3, -0.25) is 4.98 Å². The van der Waals surface area contributed by atoms with E-state index in [2.05, 4.69) is 22.4 Å². The number of aromatic nitrogens is 1. The number of hydrogen-bond donors (Lipinski definition) is 1. The van der Waals surface area contributed by atoms with Gasteiger partial charge in [0.05, 0.1) is 5.56 Å². The third kappa shape index (κ3) is 1.96. The van der Waals surface area contributed by atoms with E-state index in [-0.39, 0.29) is 0 Å². The molecule has 3 heteroatoms. The predicted molar refractivity (Wildman–Crippen MR) is 66.0 cm³/mol. The number of rotatable bonds is 1. The summed E-state index contributed by atoms with van der Waals surface area (Å²) in [7, 11) is 0. The van der Waals surface area contributed by atoms with Crippen molar-refractivity contribution in [3.8, 4) is 6.07 Å². The molecule has 1 aromatic heterocycles. The van der Waals surface area contributed by atoms with Gasteiger partial charge in [0, 0.05) is 12.4 Å². The Morgan fingerprint density at radius 1 is 1.29 bits per heavy atom. The summed E-state index contributed by atoms with van der Waals surface area (Å²) in [6.45, 7) is 2.29. The van der Waals surface area contributed by atoms with Crippen LogP contribution in [0.3, 0.4) is 0 Å². The minimum atomic E-state index is 0.648. The highest BCUT2D eigenvalue weighted by molar-refractivity contribution is 5.67. The van der Waals surface area contributed by atoms with E-state index in [4.69, 9.17) is 5.26 Å². The van der Waals surface area contributed by atoms with Gasteiger partial charge in [-0.15, -0.1) is 0 Å². The highest BCUT2D eigenvalue weighted by Gasteiger charge is 2.30. The van der Waals surface area contributed by atoms with E-state index < -0.39 is 0 Å². The van der Waals surface area contributed by atoms with Gasteiger partial charge in [-0.1, -0.05) is 6.08 Å². The van der Waals surface area contributed by atoms with Gasteiger partial charge in [-0.25, -0.2) is 0 Å². The maximum absolute atomic E-state index is 8.89. The fourth-order valence-electron chi connectivity index (χ4n) is 2.87. The molecule has 2 unspecified atom stereocenters. The summed E-state index contributed by atoms with van der Waals surface area (Å²) in [5.41, 5.74) is 3.13. The van der Waals surface area contributed by atoms with Crippen LogP contribution in [0, 0.1) is 23.2 Å². The smallest absolute Gasteiger partial charge is 0.101 e. The Kier molecular flexibility index (Phi) is 2.66. The van der Waals surface area contributed by atoms with Gasteiger partial charge in [0.25, 0.3) is 0 Å². The van der Waals surface area contributed by atoms with Crippen molar-refractivity contribution in [3.63, 3.8) is 0 Å². The Balaban J connectivity index is 1.87. The Morgan fingerprint density at radius 2 is 2.18 bits per heavy atom. The van der Waals surface area contributed by atoms with Crippen LogP contribution in [0.2, 0.25) is 0 Å². The van der Waals surface area contributed by atoms with Crippen molar-refractivity contribution >= 4 is 5.57 Å². The van der Waals surface area contributed by atoms with Gasteiger partial charge in [0.15, 0.2) is 0 Å². The first-order valence-corrected chi connectivity index (χ1v) is 6.12. The molecular weight excluding hydrogens is 210 g/mol. The summed E-state index contributed by atoms with van der Waals surface area (Å²) in [5.74, 6) is 1.58. The first kappa shape index (κ1) is 10.5. The lowest BCUT2D eigenvalue weighted by Crippen LogP contribution is -2.16. The van der Waals surface area contributed by atoms with E-state index in [0.717, 1.165) is 43.3 Å². The summed E-state index contributed by atoms with van der Waals surface area (Å²) in [4.78, 5) is 4.14. The zero-order valence-corrected chi connectivity index (χ0v) is 9.69. The van der Waals surface area contributed by atoms with Crippen molar-refractivity contribution in [1.29, 1.82) is 5.26 Å². The van der Waals surface area contributed by atoms with Crippen LogP contribution >= 0.6 is 0 Å². The van der Waals surface area contributed by atoms with Gasteiger partial charge in [0.2, 0.25) is 0 Å². The maximum Gasteiger partial charge on any atom is 0.101 e. The predicted octanol–water partition coefficient (Wildman–Crippen LogP) is 1.97. The second-order valence-electron chi connectivity index (χ2n) is 4.92. The van der Waals surface area contributed by atoms with Crippen molar-refractivity contribution in [3.05, 3.63) is 35.7 Å². The van der Waals surface area contributed by atoms with E-state index in [1.807, 2.05) is 12.3 Å². The summed E-state index contributed by atoms with van der Waals surface area (Å²) in [6.07, 6.45) is 8.09. The highest BCUT2D eigenvalue weighted by atomic mass is 14.9. The monoisotopic (exact) mass is 225 g/mol. The van der Waals surface area contributed by atoms with Crippen molar-refractivity contribution in [1.82, 2.24) is 10.3 Å². The normalized spacial score (nSPS) is 27.1. The van der Waals surface area contributed by atoms with E-state index in [9.17, 15) is 0 Å². The topological polar surface area (TPSA) is 48.7 Å². The maximum atomic E-state index is 8.89. The van der Waals surface area contributed by atoms with E-state index >= 15 is 0 Å². The Bertz CT molecular complexity index is 498. The molecule has 2 atom stereocenters. The molecule has 1 saturated heterocycles. The molecule has 1 aromatic rings. The largest absolute Gasteiger partial charge is 0.316 e. The van der Waals surface area contributed by atoms with Gasteiger partial charge >= 0.3 is 0 Å². The minimum absolute atomic E-state index is 0.648. The SMILES string of the molecule is N#Cc1cncc(C2=CCC3CNCC3C2)c1. The molecule has 0 bridgehead atoms. The third-order valence-corrected chi connectivity index (χ3v) is 3.87. The second-order valence-corrected chi connectivity index (χ2v) is 4.92. The molecule has 17 heavy (non-hydrogen) atoms. The molecule has 1 aliphatic heterocycles. The second kappa shape index (κ2) is 4.31. The average molecular weight is 225 g/mol. The minimum Gasteiger partial charge on any atom is -0.316 e. The average Bonchev–Trinajstić information content (AvgIpc) is 2.86. The molecule has 0 saturated carbocycles. The zero-order valence-electron chi connectivity index (χ0n) is 9.69. The van der Waals surface area contributed by atoms with Gasteiger partial charge in [0.1, 0.15) is 6.07 Å². The molecule has 3 rings (SSSR count). The Labute approximate surface area is 101 Å². The molecule has 3 nitrogen and oxygen atoms in total. The molecule has 1 N–H and O–H groups in total. The summed E-state index contributed by atoms with van der Waals surface area (Å²) in [5, 5.41) is 12.3. The number of nitriles is 1. The molecule has 0 spiro atoms. The van der Waals surface area contributed by atoms with E-state index in [1.165, 1.54) is 5.57 Å². The summed E-state index contributed by atoms with van der Waals surface area (Å²) in [6, 6.07) is 4.10. The van der Waals surface area contributed by atoms with Crippen LogP contribution in [0.5, 0.6) is 0 Å². The fourth-order valence-corrected chi connectivity index (χ4v) is 2.87. The van der Waals surface area contributed by atoms with Crippen molar-refractivity contribution < 1.29 is 0 Å². The zero-order chi connectivity index (χ0) is 11.7. The number of hydrogen-bond acceptors (Lipinski definition) is 3. The molecule has 0 radical (unpaired) electrons. The number of nitrogens with one attached hydrogen (secondary N) is 1. The Morgan fingerprint density at radius 3 is 3.06 bits per heavy atom. The standard InChI is InChI=1S/C14H15N3/c15-5-10-3-13(8-16-6-10)11-1-2-12-7-17-9-14(12)4-11/h1,3,6,8,12,14,17H,2,4,7,9H2. The van der Waals surface area contributed by atoms with E-state index in [1.54, 1.807) is 6.20 Å². The van der Waals surface area contributed by atoms with Crippen LogP contribution in [0.4, 0.5) is 0 Å². The molecule has 0 aromatic carbocycles. The van der Waals surface area contributed by atoms with Crippen LogP contribution in [0.15, 0.2) is 24.5 Å². The van der Waals surface area contributed by atoms with Crippen LogP contribution in [-0.2, 0) is 0 Å². The van der Waals surface area contributed by atoms with Crippen molar-refractivity contribution in [2.45, 2.75) is 12.8 Å². The molecule has 1 fully saturated rings. The first-order chi connectivity index (χ1) is 8.36. The highest BCUT2D eigenvalue weighted by Crippen LogP contribution is 2.36. The third-order valence-electron chi connectivity index (χ3n) is 3.87. The number of allylic oxidation sites excluding steroid dienone is 2. The lowest BCUT2D eigenvalue weighted by atomic mass is 9.80. The quantitative estimate of drug-likeness (QED) is 0.795. The molecule has 1 aliphatic carbocycles. The number of pyridine rings is 1. The number of nitrogens with zero attached hydrogens (tertiary/aromatic N) is 2. The summed E-state index contributed by atoms with van der Waals surface area (Å²) < 4.78 is 0. The molecule has 2 aliphatic rings. The van der Waals surface area contributed by atoms with Crippen LogP contribution in [0.1, 0.15) is 24.0 Å². The van der Waals surface area contributed by atoms with Gasteiger partial charge in [-0.05, 0) is 55.0 Å². The van der Waals surface area contributed by atoms with Crippen LogP contribution < -0.4 is 5.32 Å². The molecule has 2 heterocycles. The lowest BCUT2D eigenvalue weighted by molar-refractivity contribution is 0.418. The van der Waals surface area contributed by atoms with Gasteiger partial charge < -0.3 is 5.32 Å². The summed E-state index contributed by atoms with van der Waals surface area (Å²) >= 11 is 0. The molecule has 0 amide bonds. The van der Waals surface area contributed by atoms with E-state index in [0.29, 0.717) is 5.56 Å². The lowest BCUT2D eigenvalue weighted by Gasteiger charge is -2.24. The Hall–Kier alpha value is -1.66. The molecule has 86 valence electrons. The first-order valence-electron chi connectivity index (χ1n) is 6.12. The molecular formula is C14H15N3. The number of fused-ring (bicyclic) bond motifs is 1. The van der Waals surface area contributed by atoms with Gasteiger partial charge in [-0.2, -0.15) is 5.26 Å². The van der Waals surface area contributed by atoms with Crippen molar-refractivity contribution in [2.75, 3.05) is 13.1 Å². The van der Waals surface area contributed by atoms with Crippen LogP contribution in [0.25, 0.3) is 5.57 Å². The van der Waals surface area contributed by atoms with Crippen molar-refractivity contribution in [2.24, 2.45) is 11.8 Å². The van der Waals surface area contributed by atoms with Crippen LogP contribution in [-0.4, -0.2) is 18.1 Å².